The van der Waals surface area contributed by atoms with Crippen LogP contribution in [-0.2, 0) is 27.1 Å². The van der Waals surface area contributed by atoms with E-state index in [1.54, 1.807) is 24.3 Å². The number of carbonyl (C=O) groups is 1. The van der Waals surface area contributed by atoms with Crippen LogP contribution in [-0.4, -0.2) is 56.7 Å². The first-order chi connectivity index (χ1) is 20.0. The maximum Gasteiger partial charge on any atom is 0.239 e. The van der Waals surface area contributed by atoms with E-state index >= 15 is 0 Å². The molecule has 0 spiro atoms. The molecule has 2 aromatic carbocycles. The van der Waals surface area contributed by atoms with Gasteiger partial charge in [-0.05, 0) is 43.2 Å². The molecule has 0 fully saturated rings. The van der Waals surface area contributed by atoms with Crippen LogP contribution in [0.4, 0.5) is 0 Å². The number of sulfonamides is 1. The first-order valence-corrected chi connectivity index (χ1v) is 15.9. The van der Waals surface area contributed by atoms with Crippen LogP contribution in [0.2, 0.25) is 0 Å². The third-order valence-corrected chi connectivity index (χ3v) is 7.79. The largest absolute Gasteiger partial charge is 0.384 e. The lowest BCUT2D eigenvalue weighted by atomic mass is 10.0. The molecule has 1 unspecified atom stereocenters. The molecular formula is C30H46N8O3S. The Balaban J connectivity index is 2.22. The van der Waals surface area contributed by atoms with Gasteiger partial charge in [-0.15, -0.1) is 0 Å². The van der Waals surface area contributed by atoms with E-state index in [0.29, 0.717) is 56.4 Å². The summed E-state index contributed by atoms with van der Waals surface area (Å²) in [5.41, 5.74) is 19.4. The van der Waals surface area contributed by atoms with Gasteiger partial charge in [0.2, 0.25) is 15.9 Å². The summed E-state index contributed by atoms with van der Waals surface area (Å²) in [5.74, 6) is -0.313. The molecular weight excluding hydrogens is 552 g/mol. The third kappa shape index (κ3) is 12.7. The topological polar surface area (TPSA) is 193 Å². The molecule has 11 nitrogen and oxygen atoms in total. The number of carbonyl (C=O) groups excluding carboxylic acids is 1. The number of nitrogen functional groups attached to an aromatic ring is 1. The molecule has 0 aliphatic rings. The Morgan fingerprint density at radius 1 is 1.02 bits per heavy atom. The maximum absolute atomic E-state index is 13.3. The van der Waals surface area contributed by atoms with Gasteiger partial charge in [0.15, 0.2) is 5.96 Å². The molecule has 0 saturated heterocycles. The SMILES string of the molecule is CC/C=C(\C(CCCCN=C(N)N)NS(=O)(=O)Cc1ccccc1)N(CCC)CC(=O)NCc1ccc(C(=N)N)cc1. The van der Waals surface area contributed by atoms with Crippen LogP contribution in [0.5, 0.6) is 0 Å². The Labute approximate surface area is 250 Å². The molecule has 0 aliphatic heterocycles. The Morgan fingerprint density at radius 3 is 2.31 bits per heavy atom. The normalized spacial score (nSPS) is 12.4. The van der Waals surface area contributed by atoms with Crippen molar-refractivity contribution in [1.82, 2.24) is 14.9 Å². The predicted molar refractivity (Wildman–Crippen MR) is 170 cm³/mol. The zero-order valence-electron chi connectivity index (χ0n) is 24.7. The summed E-state index contributed by atoms with van der Waals surface area (Å²) in [6, 6.07) is 15.6. The maximum atomic E-state index is 13.3. The van der Waals surface area contributed by atoms with E-state index in [2.05, 4.69) is 15.0 Å². The number of allylic oxidation sites excluding steroid dienone is 1. The van der Waals surface area contributed by atoms with Crippen molar-refractivity contribution in [2.75, 3.05) is 19.6 Å². The van der Waals surface area contributed by atoms with E-state index in [4.69, 9.17) is 22.6 Å². The summed E-state index contributed by atoms with van der Waals surface area (Å²) in [7, 11) is -3.70. The average molecular weight is 599 g/mol. The van der Waals surface area contributed by atoms with Crippen LogP contribution in [0.25, 0.3) is 0 Å². The summed E-state index contributed by atoms with van der Waals surface area (Å²) in [4.78, 5) is 19.1. The van der Waals surface area contributed by atoms with Gasteiger partial charge in [0.05, 0.1) is 18.3 Å². The Hall–Kier alpha value is -3.90. The number of amides is 1. The van der Waals surface area contributed by atoms with Crippen molar-refractivity contribution in [3.05, 3.63) is 83.1 Å². The van der Waals surface area contributed by atoms with Gasteiger partial charge < -0.3 is 27.4 Å². The van der Waals surface area contributed by atoms with Gasteiger partial charge in [0.1, 0.15) is 5.84 Å². The Morgan fingerprint density at radius 2 is 1.71 bits per heavy atom. The molecule has 42 heavy (non-hydrogen) atoms. The summed E-state index contributed by atoms with van der Waals surface area (Å²) in [6.07, 6.45) is 5.32. The van der Waals surface area contributed by atoms with E-state index in [1.807, 2.05) is 55.2 Å². The fourth-order valence-electron chi connectivity index (χ4n) is 4.49. The zero-order valence-corrected chi connectivity index (χ0v) is 25.5. The van der Waals surface area contributed by atoms with Crippen molar-refractivity contribution in [3.8, 4) is 0 Å². The molecule has 0 heterocycles. The molecule has 2 aromatic rings. The van der Waals surface area contributed by atoms with E-state index in [9.17, 15) is 13.2 Å². The zero-order chi connectivity index (χ0) is 31.0. The minimum Gasteiger partial charge on any atom is -0.384 e. The summed E-state index contributed by atoms with van der Waals surface area (Å²) < 4.78 is 29.6. The number of hydrogen-bond donors (Lipinski definition) is 6. The minimum atomic E-state index is -3.70. The number of unbranched alkanes of at least 4 members (excludes halogenated alkanes) is 1. The number of nitrogens with one attached hydrogen (secondary N) is 3. The molecule has 0 saturated carbocycles. The van der Waals surface area contributed by atoms with Crippen molar-refractivity contribution < 1.29 is 13.2 Å². The predicted octanol–water partition coefficient (Wildman–Crippen LogP) is 2.52. The van der Waals surface area contributed by atoms with Crippen molar-refractivity contribution in [1.29, 1.82) is 5.41 Å². The molecule has 12 heteroatoms. The fraction of sp³-hybridized carbons (Fsp3) is 0.433. The number of hydrogen-bond acceptors (Lipinski definition) is 6. The van der Waals surface area contributed by atoms with Gasteiger partial charge in [-0.25, -0.2) is 13.1 Å². The number of amidine groups is 1. The molecule has 2 rings (SSSR count). The lowest BCUT2D eigenvalue weighted by Gasteiger charge is -2.33. The highest BCUT2D eigenvalue weighted by Gasteiger charge is 2.26. The first kappa shape index (κ1) is 34.3. The smallest absolute Gasteiger partial charge is 0.239 e. The van der Waals surface area contributed by atoms with Crippen LogP contribution < -0.4 is 27.2 Å². The van der Waals surface area contributed by atoms with Crippen LogP contribution in [0.1, 0.15) is 62.6 Å². The molecule has 0 aromatic heterocycles. The van der Waals surface area contributed by atoms with Crippen molar-refractivity contribution >= 4 is 27.7 Å². The number of rotatable bonds is 19. The first-order valence-electron chi connectivity index (χ1n) is 14.3. The van der Waals surface area contributed by atoms with Crippen LogP contribution >= 0.6 is 0 Å². The monoisotopic (exact) mass is 598 g/mol. The van der Waals surface area contributed by atoms with Gasteiger partial charge in [-0.1, -0.05) is 74.5 Å². The van der Waals surface area contributed by atoms with E-state index in [-0.39, 0.29) is 30.0 Å². The van der Waals surface area contributed by atoms with Crippen molar-refractivity contribution in [2.45, 2.75) is 64.3 Å². The third-order valence-electron chi connectivity index (χ3n) is 6.43. The Bertz CT molecular complexity index is 1290. The van der Waals surface area contributed by atoms with E-state index < -0.39 is 16.1 Å². The molecule has 9 N–H and O–H groups in total. The van der Waals surface area contributed by atoms with Gasteiger partial charge in [0.25, 0.3) is 0 Å². The van der Waals surface area contributed by atoms with Crippen LogP contribution in [0.15, 0.2) is 71.4 Å². The molecule has 1 atom stereocenters. The lowest BCUT2D eigenvalue weighted by Crippen LogP contribution is -2.45. The fourth-order valence-corrected chi connectivity index (χ4v) is 5.88. The summed E-state index contributed by atoms with van der Waals surface area (Å²) in [6.45, 7) is 5.44. The molecule has 230 valence electrons. The second-order valence-corrected chi connectivity index (χ2v) is 11.8. The number of guanidine groups is 1. The van der Waals surface area contributed by atoms with Crippen molar-refractivity contribution in [2.24, 2.45) is 22.2 Å². The van der Waals surface area contributed by atoms with Gasteiger partial charge >= 0.3 is 0 Å². The number of nitrogens with zero attached hydrogens (tertiary/aromatic N) is 2. The van der Waals surface area contributed by atoms with Crippen molar-refractivity contribution in [3.63, 3.8) is 0 Å². The minimum absolute atomic E-state index is 0.0128. The molecule has 1 amide bonds. The van der Waals surface area contributed by atoms with Gasteiger partial charge in [-0.2, -0.15) is 0 Å². The standard InChI is InChI=1S/C30H46N8O3S/c1-3-10-27(38(19-4-2)21-28(39)36-20-23-14-16-25(17-15-23)29(31)32)26(13-8-9-18-35-30(33)34)37-42(40,41)22-24-11-6-5-7-12-24/h5-7,10-12,14-17,26,37H,3-4,8-9,13,18-22H2,1-2H3,(H3,31,32)(H,36,39)(H4,33,34,35)/b27-10+. The highest BCUT2D eigenvalue weighted by atomic mass is 32.2. The molecule has 0 radical (unpaired) electrons. The van der Waals surface area contributed by atoms with Gasteiger partial charge in [0, 0.05) is 30.9 Å². The summed E-state index contributed by atoms with van der Waals surface area (Å²) >= 11 is 0. The van der Waals surface area contributed by atoms with Gasteiger partial charge in [-0.3, -0.25) is 15.2 Å². The van der Waals surface area contributed by atoms with Crippen LogP contribution in [0.3, 0.4) is 0 Å². The van der Waals surface area contributed by atoms with Crippen LogP contribution in [0, 0.1) is 5.41 Å². The quantitative estimate of drug-likeness (QED) is 0.0812. The second-order valence-electron chi connectivity index (χ2n) is 10.1. The average Bonchev–Trinajstić information content (AvgIpc) is 2.94. The highest BCUT2D eigenvalue weighted by molar-refractivity contribution is 7.88. The van der Waals surface area contributed by atoms with E-state index in [0.717, 1.165) is 17.7 Å². The Kier molecular flexibility index (Phi) is 14.5. The van der Waals surface area contributed by atoms with E-state index in [1.165, 1.54) is 0 Å². The second kappa shape index (κ2) is 17.8. The molecule has 0 aliphatic carbocycles. The number of nitrogens with two attached hydrogens (primary N) is 3. The highest BCUT2D eigenvalue weighted by Crippen LogP contribution is 2.19. The number of aliphatic imine (C=N–C) groups is 1. The molecule has 0 bridgehead atoms. The summed E-state index contributed by atoms with van der Waals surface area (Å²) in [5, 5.41) is 10.5. The number of benzene rings is 2. The lowest BCUT2D eigenvalue weighted by molar-refractivity contribution is -0.122.